The van der Waals surface area contributed by atoms with Crippen molar-refractivity contribution in [3.05, 3.63) is 56.2 Å². The molecule has 0 bridgehead atoms. The SMILES string of the molecule is CC(NCCc1ccc(Br)s1)c1ccc(C#N)cc1. The van der Waals surface area contributed by atoms with Crippen molar-refractivity contribution in [2.75, 3.05) is 6.54 Å². The molecule has 2 nitrogen and oxygen atoms in total. The van der Waals surface area contributed by atoms with Gasteiger partial charge in [-0.25, -0.2) is 0 Å². The maximum Gasteiger partial charge on any atom is 0.0991 e. The largest absolute Gasteiger partial charge is 0.310 e. The number of hydrogen-bond donors (Lipinski definition) is 1. The van der Waals surface area contributed by atoms with E-state index < -0.39 is 0 Å². The lowest BCUT2D eigenvalue weighted by Gasteiger charge is -2.13. The van der Waals surface area contributed by atoms with Crippen LogP contribution in [0.2, 0.25) is 0 Å². The molecular formula is C15H15BrN2S. The van der Waals surface area contributed by atoms with Crippen molar-refractivity contribution in [3.8, 4) is 6.07 Å². The zero-order valence-corrected chi connectivity index (χ0v) is 13.1. The van der Waals surface area contributed by atoms with Gasteiger partial charge in [0.25, 0.3) is 0 Å². The molecule has 19 heavy (non-hydrogen) atoms. The van der Waals surface area contributed by atoms with Crippen molar-refractivity contribution in [2.24, 2.45) is 0 Å². The Morgan fingerprint density at radius 3 is 2.58 bits per heavy atom. The fourth-order valence-electron chi connectivity index (χ4n) is 1.86. The summed E-state index contributed by atoms with van der Waals surface area (Å²) in [5.41, 5.74) is 1.92. The van der Waals surface area contributed by atoms with Crippen LogP contribution in [0.5, 0.6) is 0 Å². The average Bonchev–Trinajstić information content (AvgIpc) is 2.84. The van der Waals surface area contributed by atoms with E-state index in [1.807, 2.05) is 24.3 Å². The van der Waals surface area contributed by atoms with Crippen LogP contribution in [0.25, 0.3) is 0 Å². The molecule has 0 fully saturated rings. The van der Waals surface area contributed by atoms with Crippen molar-refractivity contribution in [1.82, 2.24) is 5.32 Å². The second kappa shape index (κ2) is 6.85. The van der Waals surface area contributed by atoms with Crippen molar-refractivity contribution in [2.45, 2.75) is 19.4 Å². The summed E-state index contributed by atoms with van der Waals surface area (Å²) in [6.45, 7) is 3.10. The van der Waals surface area contributed by atoms with E-state index in [-0.39, 0.29) is 0 Å². The van der Waals surface area contributed by atoms with E-state index >= 15 is 0 Å². The molecule has 0 spiro atoms. The molecule has 0 radical (unpaired) electrons. The number of halogens is 1. The molecule has 1 aromatic carbocycles. The lowest BCUT2D eigenvalue weighted by atomic mass is 10.1. The summed E-state index contributed by atoms with van der Waals surface area (Å²) in [5.74, 6) is 0. The van der Waals surface area contributed by atoms with E-state index in [1.54, 1.807) is 11.3 Å². The average molecular weight is 335 g/mol. The topological polar surface area (TPSA) is 35.8 Å². The lowest BCUT2D eigenvalue weighted by Crippen LogP contribution is -2.21. The van der Waals surface area contributed by atoms with Crippen molar-refractivity contribution in [3.63, 3.8) is 0 Å². The Bertz CT molecular complexity index is 569. The van der Waals surface area contributed by atoms with Crippen molar-refractivity contribution >= 4 is 27.3 Å². The van der Waals surface area contributed by atoms with Gasteiger partial charge in [0, 0.05) is 17.5 Å². The van der Waals surface area contributed by atoms with Crippen molar-refractivity contribution in [1.29, 1.82) is 5.26 Å². The molecular weight excluding hydrogens is 320 g/mol. The molecule has 0 aliphatic rings. The summed E-state index contributed by atoms with van der Waals surface area (Å²) >= 11 is 5.26. The molecule has 1 atom stereocenters. The predicted octanol–water partition coefficient (Wildman–Crippen LogP) is 4.28. The summed E-state index contributed by atoms with van der Waals surface area (Å²) in [7, 11) is 0. The van der Waals surface area contributed by atoms with Crippen LogP contribution in [-0.2, 0) is 6.42 Å². The Hall–Kier alpha value is -1.15. The van der Waals surface area contributed by atoms with E-state index in [0.29, 0.717) is 11.6 Å². The minimum Gasteiger partial charge on any atom is -0.310 e. The summed E-state index contributed by atoms with van der Waals surface area (Å²) in [6.07, 6.45) is 1.04. The summed E-state index contributed by atoms with van der Waals surface area (Å²) in [6, 6.07) is 14.4. The van der Waals surface area contributed by atoms with Crippen LogP contribution in [0.1, 0.15) is 29.0 Å². The molecule has 0 amide bonds. The number of nitrogens with one attached hydrogen (secondary N) is 1. The normalized spacial score (nSPS) is 12.1. The summed E-state index contributed by atoms with van der Waals surface area (Å²) in [4.78, 5) is 1.38. The van der Waals surface area contributed by atoms with Gasteiger partial charge in [-0.05, 0) is 59.1 Å². The quantitative estimate of drug-likeness (QED) is 0.885. The highest BCUT2D eigenvalue weighted by molar-refractivity contribution is 9.11. The first-order chi connectivity index (χ1) is 9.19. The third kappa shape index (κ3) is 4.17. The summed E-state index contributed by atoms with van der Waals surface area (Å²) < 4.78 is 1.18. The van der Waals surface area contributed by atoms with Crippen LogP contribution >= 0.6 is 27.3 Å². The van der Waals surface area contributed by atoms with Crippen LogP contribution in [0.4, 0.5) is 0 Å². The van der Waals surface area contributed by atoms with Gasteiger partial charge in [-0.15, -0.1) is 11.3 Å². The van der Waals surface area contributed by atoms with Gasteiger partial charge in [0.05, 0.1) is 15.4 Å². The van der Waals surface area contributed by atoms with E-state index in [0.717, 1.165) is 13.0 Å². The second-order valence-electron chi connectivity index (χ2n) is 4.37. The van der Waals surface area contributed by atoms with Gasteiger partial charge in [0.2, 0.25) is 0 Å². The van der Waals surface area contributed by atoms with Crippen LogP contribution in [0.15, 0.2) is 40.2 Å². The lowest BCUT2D eigenvalue weighted by molar-refractivity contribution is 0.578. The molecule has 1 N–H and O–H groups in total. The van der Waals surface area contributed by atoms with Crippen LogP contribution in [0.3, 0.4) is 0 Å². The number of nitrogens with zero attached hydrogens (tertiary/aromatic N) is 1. The van der Waals surface area contributed by atoms with Crippen molar-refractivity contribution < 1.29 is 0 Å². The van der Waals surface area contributed by atoms with Gasteiger partial charge in [0.15, 0.2) is 0 Å². The molecule has 2 rings (SSSR count). The Kier molecular flexibility index (Phi) is 5.15. The zero-order chi connectivity index (χ0) is 13.7. The Labute approximate surface area is 126 Å². The first kappa shape index (κ1) is 14.3. The maximum absolute atomic E-state index is 8.77. The van der Waals surface area contributed by atoms with Gasteiger partial charge < -0.3 is 5.32 Å². The van der Waals surface area contributed by atoms with Crippen LogP contribution in [0, 0.1) is 11.3 Å². The number of rotatable bonds is 5. The zero-order valence-electron chi connectivity index (χ0n) is 10.7. The van der Waals surface area contributed by atoms with Crippen LogP contribution in [-0.4, -0.2) is 6.54 Å². The first-order valence-corrected chi connectivity index (χ1v) is 7.77. The Morgan fingerprint density at radius 2 is 2.00 bits per heavy atom. The molecule has 0 saturated carbocycles. The van der Waals surface area contributed by atoms with E-state index in [1.165, 1.54) is 14.2 Å². The highest BCUT2D eigenvalue weighted by Gasteiger charge is 2.05. The number of thiophene rings is 1. The minimum absolute atomic E-state index is 0.302. The number of benzene rings is 1. The molecule has 1 unspecified atom stereocenters. The molecule has 1 heterocycles. The smallest absolute Gasteiger partial charge is 0.0991 e. The summed E-state index contributed by atoms with van der Waals surface area (Å²) in [5, 5.41) is 12.3. The maximum atomic E-state index is 8.77. The molecule has 0 saturated heterocycles. The molecule has 0 aliphatic carbocycles. The Morgan fingerprint density at radius 1 is 1.26 bits per heavy atom. The molecule has 0 aliphatic heterocycles. The van der Waals surface area contributed by atoms with E-state index in [2.05, 4.69) is 46.4 Å². The standard InChI is InChI=1S/C15H15BrN2S/c1-11(13-4-2-12(10-17)3-5-13)18-9-8-14-6-7-15(16)19-14/h2-7,11,18H,8-9H2,1H3. The highest BCUT2D eigenvalue weighted by atomic mass is 79.9. The van der Waals surface area contributed by atoms with Crippen LogP contribution < -0.4 is 5.32 Å². The highest BCUT2D eigenvalue weighted by Crippen LogP contribution is 2.22. The first-order valence-electron chi connectivity index (χ1n) is 6.16. The second-order valence-corrected chi connectivity index (χ2v) is 6.91. The molecule has 1 aromatic heterocycles. The van der Waals surface area contributed by atoms with Gasteiger partial charge in [-0.2, -0.15) is 5.26 Å². The Balaban J connectivity index is 1.83. The van der Waals surface area contributed by atoms with E-state index in [9.17, 15) is 0 Å². The molecule has 2 aromatic rings. The number of hydrogen-bond acceptors (Lipinski definition) is 3. The fourth-order valence-corrected chi connectivity index (χ4v) is 3.34. The molecule has 4 heteroatoms. The molecule has 98 valence electrons. The number of nitriles is 1. The van der Waals surface area contributed by atoms with E-state index in [4.69, 9.17) is 5.26 Å². The predicted molar refractivity (Wildman–Crippen MR) is 83.3 cm³/mol. The monoisotopic (exact) mass is 334 g/mol. The fraction of sp³-hybridized carbons (Fsp3) is 0.267. The minimum atomic E-state index is 0.302. The van der Waals surface area contributed by atoms with Gasteiger partial charge in [-0.1, -0.05) is 12.1 Å². The third-order valence-electron chi connectivity index (χ3n) is 2.99. The third-order valence-corrected chi connectivity index (χ3v) is 4.67. The van der Waals surface area contributed by atoms with Gasteiger partial charge in [-0.3, -0.25) is 0 Å². The van der Waals surface area contributed by atoms with Gasteiger partial charge >= 0.3 is 0 Å². The van der Waals surface area contributed by atoms with Gasteiger partial charge in [0.1, 0.15) is 0 Å².